The Hall–Kier alpha value is -2.51. The zero-order valence-corrected chi connectivity index (χ0v) is 12.2. The Morgan fingerprint density at radius 2 is 1.52 bits per heavy atom. The molecule has 122 valence electrons. The molecule has 1 aromatic heterocycles. The number of rotatable bonds is 2. The molecule has 0 saturated carbocycles. The van der Waals surface area contributed by atoms with Crippen LogP contribution in [0.3, 0.4) is 0 Å². The van der Waals surface area contributed by atoms with Crippen LogP contribution in [-0.2, 0) is 6.18 Å². The predicted octanol–water partition coefficient (Wildman–Crippen LogP) is 2.53. The number of phenols is 1. The Bertz CT molecular complexity index is 667. The van der Waals surface area contributed by atoms with Crippen molar-refractivity contribution in [3.05, 3.63) is 42.2 Å². The van der Waals surface area contributed by atoms with Crippen molar-refractivity contribution < 1.29 is 18.3 Å². The van der Waals surface area contributed by atoms with E-state index in [0.29, 0.717) is 26.2 Å². The van der Waals surface area contributed by atoms with Gasteiger partial charge in [0, 0.05) is 38.1 Å². The maximum absolute atomic E-state index is 12.7. The number of phenolic OH excluding ortho intramolecular Hbond substituents is 1. The van der Waals surface area contributed by atoms with Crippen LogP contribution in [0.25, 0.3) is 0 Å². The van der Waals surface area contributed by atoms with Gasteiger partial charge in [0.05, 0.1) is 0 Å². The smallest absolute Gasteiger partial charge is 0.433 e. The maximum atomic E-state index is 12.7. The van der Waals surface area contributed by atoms with Crippen molar-refractivity contribution in [2.75, 3.05) is 36.0 Å². The van der Waals surface area contributed by atoms with Crippen molar-refractivity contribution in [2.45, 2.75) is 6.18 Å². The van der Waals surface area contributed by atoms with Gasteiger partial charge in [0.2, 0.25) is 5.95 Å². The second-order valence-electron chi connectivity index (χ2n) is 5.23. The summed E-state index contributed by atoms with van der Waals surface area (Å²) in [4.78, 5) is 11.4. The van der Waals surface area contributed by atoms with Crippen LogP contribution >= 0.6 is 0 Å². The van der Waals surface area contributed by atoms with Gasteiger partial charge in [-0.15, -0.1) is 0 Å². The van der Waals surface area contributed by atoms with E-state index in [9.17, 15) is 18.3 Å². The molecule has 8 heteroatoms. The lowest BCUT2D eigenvalue weighted by atomic mass is 10.2. The molecular formula is C15H15F3N4O. The van der Waals surface area contributed by atoms with E-state index >= 15 is 0 Å². The summed E-state index contributed by atoms with van der Waals surface area (Å²) in [7, 11) is 0. The molecule has 1 aliphatic rings. The molecule has 2 heterocycles. The normalized spacial score (nSPS) is 15.8. The van der Waals surface area contributed by atoms with Crippen molar-refractivity contribution in [3.63, 3.8) is 0 Å². The second-order valence-corrected chi connectivity index (χ2v) is 5.23. The van der Waals surface area contributed by atoms with Gasteiger partial charge in [-0.1, -0.05) is 0 Å². The fraction of sp³-hybridized carbons (Fsp3) is 0.333. The summed E-state index contributed by atoms with van der Waals surface area (Å²) < 4.78 is 38.1. The second kappa shape index (κ2) is 5.94. The number of hydrogen-bond acceptors (Lipinski definition) is 5. The van der Waals surface area contributed by atoms with Gasteiger partial charge in [-0.3, -0.25) is 0 Å². The molecule has 0 radical (unpaired) electrons. The third-order valence-corrected chi connectivity index (χ3v) is 3.71. The van der Waals surface area contributed by atoms with Crippen LogP contribution in [0.15, 0.2) is 36.5 Å². The van der Waals surface area contributed by atoms with Gasteiger partial charge in [-0.25, -0.2) is 9.97 Å². The summed E-state index contributed by atoms with van der Waals surface area (Å²) in [5.41, 5.74) is 0.0378. The molecular weight excluding hydrogens is 309 g/mol. The third kappa shape index (κ3) is 3.46. The highest BCUT2D eigenvalue weighted by Gasteiger charge is 2.33. The minimum Gasteiger partial charge on any atom is -0.508 e. The molecule has 0 bridgehead atoms. The van der Waals surface area contributed by atoms with Gasteiger partial charge < -0.3 is 14.9 Å². The topological polar surface area (TPSA) is 52.5 Å². The Morgan fingerprint density at radius 3 is 2.13 bits per heavy atom. The zero-order chi connectivity index (χ0) is 16.4. The third-order valence-electron chi connectivity index (χ3n) is 3.71. The molecule has 3 rings (SSSR count). The number of piperazine rings is 1. The van der Waals surface area contributed by atoms with Crippen molar-refractivity contribution in [3.8, 4) is 5.75 Å². The van der Waals surface area contributed by atoms with E-state index in [1.165, 1.54) is 0 Å². The fourth-order valence-electron chi connectivity index (χ4n) is 2.49. The van der Waals surface area contributed by atoms with Crippen LogP contribution in [0.5, 0.6) is 5.75 Å². The molecule has 1 N–H and O–H groups in total. The number of alkyl halides is 3. The number of aromatic hydroxyl groups is 1. The van der Waals surface area contributed by atoms with Crippen molar-refractivity contribution in [1.29, 1.82) is 0 Å². The van der Waals surface area contributed by atoms with Crippen LogP contribution < -0.4 is 9.80 Å². The van der Waals surface area contributed by atoms with Crippen molar-refractivity contribution in [1.82, 2.24) is 9.97 Å². The van der Waals surface area contributed by atoms with Gasteiger partial charge in [-0.2, -0.15) is 13.2 Å². The summed E-state index contributed by atoms with van der Waals surface area (Å²) >= 11 is 0. The Kier molecular flexibility index (Phi) is 3.97. The first kappa shape index (κ1) is 15.4. The first-order valence-electron chi connectivity index (χ1n) is 7.13. The molecule has 1 saturated heterocycles. The Balaban J connectivity index is 1.68. The number of anilines is 2. The molecule has 5 nitrogen and oxygen atoms in total. The highest BCUT2D eigenvalue weighted by Crippen LogP contribution is 2.28. The zero-order valence-electron chi connectivity index (χ0n) is 12.2. The van der Waals surface area contributed by atoms with E-state index < -0.39 is 11.9 Å². The van der Waals surface area contributed by atoms with Crippen molar-refractivity contribution >= 4 is 11.6 Å². The average Bonchev–Trinajstić information content (AvgIpc) is 2.55. The lowest BCUT2D eigenvalue weighted by Gasteiger charge is -2.36. The molecule has 23 heavy (non-hydrogen) atoms. The largest absolute Gasteiger partial charge is 0.508 e. The summed E-state index contributed by atoms with van der Waals surface area (Å²) in [6.07, 6.45) is -3.33. The van der Waals surface area contributed by atoms with E-state index in [1.54, 1.807) is 17.0 Å². The van der Waals surface area contributed by atoms with Gasteiger partial charge in [0.1, 0.15) is 11.4 Å². The molecule has 0 aliphatic carbocycles. The van der Waals surface area contributed by atoms with E-state index in [0.717, 1.165) is 18.0 Å². The first-order valence-corrected chi connectivity index (χ1v) is 7.13. The minimum absolute atomic E-state index is 0.102. The fourth-order valence-corrected chi connectivity index (χ4v) is 2.49. The van der Waals surface area contributed by atoms with E-state index in [4.69, 9.17) is 0 Å². The molecule has 2 aromatic rings. The van der Waals surface area contributed by atoms with Crippen molar-refractivity contribution in [2.24, 2.45) is 0 Å². The Morgan fingerprint density at radius 1 is 0.913 bits per heavy atom. The highest BCUT2D eigenvalue weighted by atomic mass is 19.4. The molecule has 1 aliphatic heterocycles. The summed E-state index contributed by atoms with van der Waals surface area (Å²) in [5.74, 6) is 0.301. The number of aromatic nitrogens is 2. The highest BCUT2D eigenvalue weighted by molar-refractivity contribution is 5.50. The lowest BCUT2D eigenvalue weighted by Crippen LogP contribution is -2.47. The van der Waals surface area contributed by atoms with Gasteiger partial charge in [-0.05, 0) is 30.3 Å². The molecule has 0 unspecified atom stereocenters. The average molecular weight is 324 g/mol. The maximum Gasteiger partial charge on any atom is 0.433 e. The molecule has 0 atom stereocenters. The molecule has 0 amide bonds. The molecule has 0 spiro atoms. The first-order chi connectivity index (χ1) is 10.9. The van der Waals surface area contributed by atoms with Gasteiger partial charge in [0.15, 0.2) is 0 Å². The SMILES string of the molecule is Oc1ccc(N2CCN(c3nccc(C(F)(F)F)n3)CC2)cc1. The van der Waals surface area contributed by atoms with Crippen LogP contribution in [0.4, 0.5) is 24.8 Å². The van der Waals surface area contributed by atoms with E-state index in [1.807, 2.05) is 12.1 Å². The quantitative estimate of drug-likeness (QED) is 0.920. The van der Waals surface area contributed by atoms with Crippen LogP contribution in [0.1, 0.15) is 5.69 Å². The van der Waals surface area contributed by atoms with E-state index in [2.05, 4.69) is 14.9 Å². The van der Waals surface area contributed by atoms with Gasteiger partial charge >= 0.3 is 6.18 Å². The summed E-state index contributed by atoms with van der Waals surface area (Å²) in [6, 6.07) is 7.71. The van der Waals surface area contributed by atoms with Crippen LogP contribution in [-0.4, -0.2) is 41.3 Å². The van der Waals surface area contributed by atoms with E-state index in [-0.39, 0.29) is 11.7 Å². The number of hydrogen-bond donors (Lipinski definition) is 1. The number of nitrogens with zero attached hydrogens (tertiary/aromatic N) is 4. The number of halogens is 3. The Labute approximate surface area is 131 Å². The predicted molar refractivity (Wildman–Crippen MR) is 79.6 cm³/mol. The minimum atomic E-state index is -4.47. The van der Waals surface area contributed by atoms with Gasteiger partial charge in [0.25, 0.3) is 0 Å². The summed E-state index contributed by atoms with van der Waals surface area (Å²) in [5, 5.41) is 9.30. The molecule has 1 aromatic carbocycles. The van der Waals surface area contributed by atoms with Crippen LogP contribution in [0.2, 0.25) is 0 Å². The summed E-state index contributed by atoms with van der Waals surface area (Å²) in [6.45, 7) is 2.35. The molecule has 1 fully saturated rings. The standard InChI is InChI=1S/C15H15F3N4O/c16-15(17,18)13-5-6-19-14(20-13)22-9-7-21(8-10-22)11-1-3-12(23)4-2-11/h1-6,23H,7-10H2. The monoisotopic (exact) mass is 324 g/mol. The van der Waals surface area contributed by atoms with Crippen LogP contribution in [0, 0.1) is 0 Å². The number of benzene rings is 1. The lowest BCUT2D eigenvalue weighted by molar-refractivity contribution is -0.141.